The molecule has 0 saturated heterocycles. The van der Waals surface area contributed by atoms with Crippen LogP contribution in [0.5, 0.6) is 0 Å². The van der Waals surface area contributed by atoms with Crippen molar-refractivity contribution in [3.05, 3.63) is 141 Å². The number of hydrogen-bond acceptors (Lipinski definition) is 0. The summed E-state index contributed by atoms with van der Waals surface area (Å²) < 4.78 is 0. The van der Waals surface area contributed by atoms with E-state index in [1.54, 1.807) is 0 Å². The van der Waals surface area contributed by atoms with E-state index in [1.165, 1.54) is 0 Å². The van der Waals surface area contributed by atoms with E-state index in [1.807, 2.05) is 36.4 Å². The number of benzene rings is 4. The Bertz CT molecular complexity index is 988. The molecule has 0 saturated carbocycles. The Hall–Kier alpha value is -2.80. The van der Waals surface area contributed by atoms with Crippen molar-refractivity contribution >= 4 is 34.3 Å². The number of rotatable bonds is 4. The number of hydrogen-bond donors (Lipinski definition) is 0. The van der Waals surface area contributed by atoms with Gasteiger partial charge in [0.1, 0.15) is 0 Å². The molecule has 4 aromatic carbocycles. The molecule has 28 heavy (non-hydrogen) atoms. The fraction of sp³-hybridized carbons (Fsp3) is 0. The number of halogens is 2. The summed E-state index contributed by atoms with van der Waals surface area (Å²) in [6.45, 7) is 0. The summed E-state index contributed by atoms with van der Waals surface area (Å²) in [6, 6.07) is 36.9. The summed E-state index contributed by atoms with van der Waals surface area (Å²) in [6.07, 6.45) is 0. The molecule has 0 aliphatic heterocycles. The van der Waals surface area contributed by atoms with Crippen molar-refractivity contribution in [1.82, 2.24) is 0 Å². The lowest BCUT2D eigenvalue weighted by Crippen LogP contribution is -1.97. The van der Waals surface area contributed by atoms with E-state index in [4.69, 9.17) is 23.2 Å². The monoisotopic (exact) mass is 400 g/mol. The molecule has 4 rings (SSSR count). The first-order chi connectivity index (χ1) is 13.7. The summed E-state index contributed by atoms with van der Waals surface area (Å²) in [4.78, 5) is 0. The van der Waals surface area contributed by atoms with E-state index in [0.29, 0.717) is 0 Å². The quantitative estimate of drug-likeness (QED) is 0.304. The van der Waals surface area contributed by atoms with E-state index in [9.17, 15) is 0 Å². The maximum Gasteiger partial charge on any atom is 0.0406 e. The molecule has 0 spiro atoms. The van der Waals surface area contributed by atoms with Gasteiger partial charge in [0, 0.05) is 10.0 Å². The Balaban J connectivity index is 2.08. The fourth-order valence-corrected chi connectivity index (χ4v) is 3.61. The minimum Gasteiger partial charge on any atom is -0.0843 e. The third-order valence-corrected chi connectivity index (χ3v) is 5.14. The SMILES string of the molecule is Clc1ccc(/C(=C(/c2ccccc2)c2ccc(Cl)cc2)c2ccccc2)cc1. The fourth-order valence-electron chi connectivity index (χ4n) is 3.35. The molecule has 0 bridgehead atoms. The molecule has 136 valence electrons. The largest absolute Gasteiger partial charge is 0.0843 e. The van der Waals surface area contributed by atoms with Crippen LogP contribution in [0.25, 0.3) is 11.1 Å². The molecule has 0 N–H and O–H groups in total. The molecular weight excluding hydrogens is 383 g/mol. The summed E-state index contributed by atoms with van der Waals surface area (Å²) in [5, 5.41) is 1.45. The highest BCUT2D eigenvalue weighted by Gasteiger charge is 2.16. The van der Waals surface area contributed by atoms with Crippen LogP contribution in [0.1, 0.15) is 22.3 Å². The van der Waals surface area contributed by atoms with Crippen LogP contribution in [-0.4, -0.2) is 0 Å². The van der Waals surface area contributed by atoms with Gasteiger partial charge in [-0.1, -0.05) is 108 Å². The summed E-state index contributed by atoms with van der Waals surface area (Å²) in [5.41, 5.74) is 6.85. The third-order valence-electron chi connectivity index (χ3n) is 4.64. The second-order valence-corrected chi connectivity index (χ2v) is 7.37. The van der Waals surface area contributed by atoms with Gasteiger partial charge in [-0.25, -0.2) is 0 Å². The summed E-state index contributed by atoms with van der Waals surface area (Å²) in [5.74, 6) is 0. The van der Waals surface area contributed by atoms with Crippen molar-refractivity contribution in [3.8, 4) is 0 Å². The average Bonchev–Trinajstić information content (AvgIpc) is 2.75. The van der Waals surface area contributed by atoms with Crippen molar-refractivity contribution in [2.24, 2.45) is 0 Å². The van der Waals surface area contributed by atoms with E-state index in [0.717, 1.165) is 43.4 Å². The smallest absolute Gasteiger partial charge is 0.0406 e. The Morgan fingerprint density at radius 3 is 0.964 bits per heavy atom. The van der Waals surface area contributed by atoms with Gasteiger partial charge in [-0.3, -0.25) is 0 Å². The Kier molecular flexibility index (Phi) is 5.62. The molecule has 0 fully saturated rings. The van der Waals surface area contributed by atoms with Gasteiger partial charge < -0.3 is 0 Å². The maximum absolute atomic E-state index is 6.16. The van der Waals surface area contributed by atoms with Crippen LogP contribution < -0.4 is 0 Å². The lowest BCUT2D eigenvalue weighted by molar-refractivity contribution is 1.50. The third kappa shape index (κ3) is 4.04. The standard InChI is InChI=1S/C26H18Cl2/c27-23-15-11-21(12-16-23)25(19-7-3-1-4-8-19)26(20-9-5-2-6-10-20)22-13-17-24(28)18-14-22/h1-18H/b26-25-. The zero-order chi connectivity index (χ0) is 19.3. The molecule has 0 heterocycles. The minimum absolute atomic E-state index is 0.726. The van der Waals surface area contributed by atoms with Crippen LogP contribution in [0.15, 0.2) is 109 Å². The van der Waals surface area contributed by atoms with Crippen molar-refractivity contribution in [2.75, 3.05) is 0 Å². The van der Waals surface area contributed by atoms with E-state index < -0.39 is 0 Å². The first-order valence-corrected chi connectivity index (χ1v) is 9.85. The van der Waals surface area contributed by atoms with Gasteiger partial charge in [0.05, 0.1) is 0 Å². The van der Waals surface area contributed by atoms with Crippen LogP contribution in [0.4, 0.5) is 0 Å². The molecular formula is C26H18Cl2. The topological polar surface area (TPSA) is 0 Å². The second kappa shape index (κ2) is 8.48. The van der Waals surface area contributed by atoms with Gasteiger partial charge in [-0.15, -0.1) is 0 Å². The second-order valence-electron chi connectivity index (χ2n) is 6.50. The Morgan fingerprint density at radius 1 is 0.357 bits per heavy atom. The summed E-state index contributed by atoms with van der Waals surface area (Å²) in [7, 11) is 0. The molecule has 0 nitrogen and oxygen atoms in total. The van der Waals surface area contributed by atoms with Gasteiger partial charge >= 0.3 is 0 Å². The molecule has 0 atom stereocenters. The predicted molar refractivity (Wildman–Crippen MR) is 121 cm³/mol. The van der Waals surface area contributed by atoms with Crippen molar-refractivity contribution in [3.63, 3.8) is 0 Å². The lowest BCUT2D eigenvalue weighted by atomic mass is 9.86. The highest BCUT2D eigenvalue weighted by Crippen LogP contribution is 2.37. The normalized spacial score (nSPS) is 11.8. The van der Waals surface area contributed by atoms with Gasteiger partial charge in [-0.05, 0) is 57.7 Å². The molecule has 4 aromatic rings. The van der Waals surface area contributed by atoms with Gasteiger partial charge in [-0.2, -0.15) is 0 Å². The van der Waals surface area contributed by atoms with E-state index in [-0.39, 0.29) is 0 Å². The van der Waals surface area contributed by atoms with Crippen molar-refractivity contribution < 1.29 is 0 Å². The Morgan fingerprint density at radius 2 is 0.643 bits per heavy atom. The van der Waals surface area contributed by atoms with Gasteiger partial charge in [0.25, 0.3) is 0 Å². The molecule has 0 aliphatic carbocycles. The highest BCUT2D eigenvalue weighted by molar-refractivity contribution is 6.31. The predicted octanol–water partition coefficient (Wildman–Crippen LogP) is 8.00. The minimum atomic E-state index is 0.726. The highest BCUT2D eigenvalue weighted by atomic mass is 35.5. The molecule has 0 radical (unpaired) electrons. The van der Waals surface area contributed by atoms with Gasteiger partial charge in [0.15, 0.2) is 0 Å². The molecule has 0 aromatic heterocycles. The Labute approximate surface area is 175 Å². The van der Waals surface area contributed by atoms with Crippen LogP contribution in [0.3, 0.4) is 0 Å². The molecule has 0 amide bonds. The zero-order valence-electron chi connectivity index (χ0n) is 15.1. The van der Waals surface area contributed by atoms with Crippen LogP contribution in [0.2, 0.25) is 10.0 Å². The first-order valence-electron chi connectivity index (χ1n) is 9.09. The summed E-state index contributed by atoms with van der Waals surface area (Å²) >= 11 is 12.3. The van der Waals surface area contributed by atoms with Gasteiger partial charge in [0.2, 0.25) is 0 Å². The first kappa shape index (κ1) is 18.6. The van der Waals surface area contributed by atoms with Crippen molar-refractivity contribution in [1.29, 1.82) is 0 Å². The molecule has 0 unspecified atom stereocenters. The molecule has 0 aliphatic rings. The average molecular weight is 401 g/mol. The molecule has 2 heteroatoms. The van der Waals surface area contributed by atoms with Crippen LogP contribution in [0, 0.1) is 0 Å². The zero-order valence-corrected chi connectivity index (χ0v) is 16.7. The van der Waals surface area contributed by atoms with Crippen LogP contribution >= 0.6 is 23.2 Å². The van der Waals surface area contributed by atoms with Crippen LogP contribution in [-0.2, 0) is 0 Å². The maximum atomic E-state index is 6.16. The van der Waals surface area contributed by atoms with E-state index >= 15 is 0 Å². The van der Waals surface area contributed by atoms with Crippen molar-refractivity contribution in [2.45, 2.75) is 0 Å². The van der Waals surface area contributed by atoms with E-state index in [2.05, 4.69) is 72.8 Å². The lowest BCUT2D eigenvalue weighted by Gasteiger charge is -2.18.